The van der Waals surface area contributed by atoms with Crippen LogP contribution in [-0.2, 0) is 22.4 Å². The molecule has 4 rings (SSSR count). The summed E-state index contributed by atoms with van der Waals surface area (Å²) in [6.45, 7) is 3.60. The van der Waals surface area contributed by atoms with E-state index in [0.29, 0.717) is 13.0 Å². The first-order valence-corrected chi connectivity index (χ1v) is 8.82. The van der Waals surface area contributed by atoms with Crippen molar-refractivity contribution in [1.82, 2.24) is 0 Å². The molecule has 2 heterocycles. The van der Waals surface area contributed by atoms with E-state index in [9.17, 15) is 4.79 Å². The molecule has 3 heteroatoms. The number of hydrogen-bond donors (Lipinski definition) is 0. The maximum atomic E-state index is 13.0. The minimum atomic E-state index is -0.114. The number of benzene rings is 2. The lowest BCUT2D eigenvalue weighted by Crippen LogP contribution is -2.37. The van der Waals surface area contributed by atoms with Crippen LogP contribution in [0, 0.1) is 6.92 Å². The molecule has 2 aromatic carbocycles. The van der Waals surface area contributed by atoms with Crippen molar-refractivity contribution in [2.45, 2.75) is 38.7 Å². The zero-order valence-corrected chi connectivity index (χ0v) is 14.1. The number of nitrogens with zero attached hydrogens (tertiary/aromatic N) is 1. The van der Waals surface area contributed by atoms with Crippen LogP contribution in [0.25, 0.3) is 0 Å². The summed E-state index contributed by atoms with van der Waals surface area (Å²) in [5.41, 5.74) is 6.10. The van der Waals surface area contributed by atoms with Crippen LogP contribution in [0.3, 0.4) is 0 Å². The van der Waals surface area contributed by atoms with E-state index in [-0.39, 0.29) is 12.0 Å². The Balaban J connectivity index is 1.59. The largest absolute Gasteiger partial charge is 0.373 e. The van der Waals surface area contributed by atoms with Crippen molar-refractivity contribution in [3.63, 3.8) is 0 Å². The minimum Gasteiger partial charge on any atom is -0.373 e. The lowest BCUT2D eigenvalue weighted by Gasteiger charge is -2.33. The maximum absolute atomic E-state index is 13.0. The van der Waals surface area contributed by atoms with E-state index in [1.165, 1.54) is 22.3 Å². The van der Waals surface area contributed by atoms with Gasteiger partial charge in [-0.25, -0.2) is 0 Å². The van der Waals surface area contributed by atoms with Gasteiger partial charge in [-0.15, -0.1) is 0 Å². The fraction of sp³-hybridized carbons (Fsp3) is 0.381. The van der Waals surface area contributed by atoms with Gasteiger partial charge >= 0.3 is 0 Å². The van der Waals surface area contributed by atoms with E-state index < -0.39 is 0 Å². The molecule has 2 aliphatic heterocycles. The van der Waals surface area contributed by atoms with Gasteiger partial charge in [-0.1, -0.05) is 42.5 Å². The van der Waals surface area contributed by atoms with Crippen molar-refractivity contribution in [1.29, 1.82) is 0 Å². The highest BCUT2D eigenvalue weighted by molar-refractivity contribution is 5.95. The van der Waals surface area contributed by atoms with E-state index in [1.807, 2.05) is 11.0 Å². The van der Waals surface area contributed by atoms with Crippen molar-refractivity contribution in [3.8, 4) is 0 Å². The maximum Gasteiger partial charge on any atom is 0.229 e. The average molecular weight is 321 g/mol. The third kappa shape index (κ3) is 2.73. The predicted octanol–water partition coefficient (Wildman–Crippen LogP) is 3.98. The van der Waals surface area contributed by atoms with Gasteiger partial charge in [-0.3, -0.25) is 4.79 Å². The number of hydrogen-bond acceptors (Lipinski definition) is 2. The highest BCUT2D eigenvalue weighted by Crippen LogP contribution is 2.34. The highest BCUT2D eigenvalue weighted by Gasteiger charge is 2.29. The van der Waals surface area contributed by atoms with Crippen molar-refractivity contribution in [2.24, 2.45) is 0 Å². The fourth-order valence-electron chi connectivity index (χ4n) is 4.01. The number of carbonyl (C=O) groups excluding carboxylic acids is 1. The number of ether oxygens (including phenoxy) is 1. The Morgan fingerprint density at radius 2 is 1.96 bits per heavy atom. The lowest BCUT2D eigenvalue weighted by atomic mass is 9.94. The Morgan fingerprint density at radius 3 is 2.88 bits per heavy atom. The van der Waals surface area contributed by atoms with Crippen molar-refractivity contribution in [2.75, 3.05) is 18.1 Å². The van der Waals surface area contributed by atoms with Gasteiger partial charge in [0.05, 0.1) is 19.1 Å². The molecule has 0 bridgehead atoms. The van der Waals surface area contributed by atoms with Crippen LogP contribution in [0.1, 0.15) is 41.2 Å². The van der Waals surface area contributed by atoms with Gasteiger partial charge in [0.1, 0.15) is 0 Å². The number of anilines is 1. The quantitative estimate of drug-likeness (QED) is 0.837. The van der Waals surface area contributed by atoms with Gasteiger partial charge in [0.25, 0.3) is 0 Å². The third-order valence-electron chi connectivity index (χ3n) is 5.17. The zero-order chi connectivity index (χ0) is 16.5. The minimum absolute atomic E-state index is 0.114. The molecule has 1 amide bonds. The van der Waals surface area contributed by atoms with E-state index in [1.54, 1.807) is 0 Å². The molecule has 124 valence electrons. The molecule has 0 aromatic heterocycles. The Labute approximate surface area is 143 Å². The van der Waals surface area contributed by atoms with Crippen molar-refractivity contribution in [3.05, 3.63) is 64.7 Å². The number of carbonyl (C=O) groups is 1. The molecule has 2 aliphatic rings. The monoisotopic (exact) mass is 321 g/mol. The molecule has 1 unspecified atom stereocenters. The van der Waals surface area contributed by atoms with Crippen molar-refractivity contribution >= 4 is 11.6 Å². The van der Waals surface area contributed by atoms with E-state index in [2.05, 4.69) is 43.3 Å². The highest BCUT2D eigenvalue weighted by atomic mass is 16.5. The average Bonchev–Trinajstić information content (AvgIpc) is 2.62. The molecule has 3 nitrogen and oxygen atoms in total. The van der Waals surface area contributed by atoms with Gasteiger partial charge in [0.2, 0.25) is 5.91 Å². The van der Waals surface area contributed by atoms with Crippen LogP contribution >= 0.6 is 0 Å². The van der Waals surface area contributed by atoms with Crippen LogP contribution in [0.2, 0.25) is 0 Å². The summed E-state index contributed by atoms with van der Waals surface area (Å²) in [5, 5.41) is 0. The number of amides is 1. The van der Waals surface area contributed by atoms with Crippen LogP contribution < -0.4 is 4.90 Å². The summed E-state index contributed by atoms with van der Waals surface area (Å²) in [6, 6.07) is 14.7. The molecular weight excluding hydrogens is 298 g/mol. The van der Waals surface area contributed by atoms with Crippen LogP contribution in [0.4, 0.5) is 5.69 Å². The van der Waals surface area contributed by atoms with E-state index in [0.717, 1.165) is 31.5 Å². The van der Waals surface area contributed by atoms with Gasteiger partial charge in [-0.2, -0.15) is 0 Å². The van der Waals surface area contributed by atoms with Gasteiger partial charge in [-0.05, 0) is 48.4 Å². The third-order valence-corrected chi connectivity index (χ3v) is 5.17. The Morgan fingerprint density at radius 1 is 1.12 bits per heavy atom. The zero-order valence-electron chi connectivity index (χ0n) is 14.1. The second kappa shape index (κ2) is 6.40. The smallest absolute Gasteiger partial charge is 0.229 e. The summed E-state index contributed by atoms with van der Waals surface area (Å²) >= 11 is 0. The van der Waals surface area contributed by atoms with E-state index in [4.69, 9.17) is 4.74 Å². The van der Waals surface area contributed by atoms with E-state index >= 15 is 0 Å². The molecule has 0 saturated carbocycles. The molecule has 0 aliphatic carbocycles. The molecule has 0 fully saturated rings. The summed E-state index contributed by atoms with van der Waals surface area (Å²) in [4.78, 5) is 15.0. The first-order chi connectivity index (χ1) is 11.7. The number of aryl methyl sites for hydroxylation is 2. The number of rotatable bonds is 2. The summed E-state index contributed by atoms with van der Waals surface area (Å²) < 4.78 is 5.94. The first-order valence-electron chi connectivity index (χ1n) is 8.82. The number of fused-ring (bicyclic) bond motifs is 2. The normalized spacial score (nSPS) is 19.5. The van der Waals surface area contributed by atoms with Gasteiger partial charge in [0.15, 0.2) is 0 Å². The standard InChI is InChI=1S/C21H23NO2/c1-15-6-4-8-17-9-5-12-22(21(15)17)20(23)14-19-18-10-3-2-7-16(18)11-13-24-19/h2-4,6-8,10,19H,5,9,11-14H2,1H3. The summed E-state index contributed by atoms with van der Waals surface area (Å²) in [5.74, 6) is 0.173. The Bertz CT molecular complexity index is 768. The van der Waals surface area contributed by atoms with Crippen molar-refractivity contribution < 1.29 is 9.53 Å². The molecule has 0 saturated heterocycles. The van der Waals surface area contributed by atoms with Gasteiger partial charge in [0, 0.05) is 12.2 Å². The number of para-hydroxylation sites is 1. The summed E-state index contributed by atoms with van der Waals surface area (Å²) in [6.07, 6.45) is 3.34. The molecular formula is C21H23NO2. The fourth-order valence-corrected chi connectivity index (χ4v) is 4.01. The Hall–Kier alpha value is -2.13. The molecule has 0 spiro atoms. The van der Waals surface area contributed by atoms with Crippen LogP contribution in [-0.4, -0.2) is 19.1 Å². The molecule has 1 atom stereocenters. The lowest BCUT2D eigenvalue weighted by molar-refractivity contribution is -0.122. The van der Waals surface area contributed by atoms with Crippen LogP contribution in [0.5, 0.6) is 0 Å². The second-order valence-corrected chi connectivity index (χ2v) is 6.74. The molecule has 0 radical (unpaired) electrons. The van der Waals surface area contributed by atoms with Gasteiger partial charge < -0.3 is 9.64 Å². The molecule has 2 aromatic rings. The second-order valence-electron chi connectivity index (χ2n) is 6.74. The molecule has 0 N–H and O–H groups in total. The first kappa shape index (κ1) is 15.4. The SMILES string of the molecule is Cc1cccc2c1N(C(=O)CC1OCCc3ccccc31)CCC2. The topological polar surface area (TPSA) is 29.5 Å². The summed E-state index contributed by atoms with van der Waals surface area (Å²) in [7, 11) is 0. The molecule has 24 heavy (non-hydrogen) atoms. The predicted molar refractivity (Wildman–Crippen MR) is 95.3 cm³/mol. The van der Waals surface area contributed by atoms with Crippen LogP contribution in [0.15, 0.2) is 42.5 Å². The Kier molecular flexibility index (Phi) is 4.11.